The molecule has 1 aromatic heterocycles. The molecule has 1 atom stereocenters. The molecule has 1 rings (SSSR count). The molecule has 0 amide bonds. The average Bonchev–Trinajstić information content (AvgIpc) is 1.99. The van der Waals surface area contributed by atoms with E-state index in [-0.39, 0.29) is 4.57 Å². The van der Waals surface area contributed by atoms with Crippen molar-refractivity contribution < 1.29 is 20.4 Å². The Morgan fingerprint density at radius 1 is 1.07 bits per heavy atom. The first-order valence-corrected chi connectivity index (χ1v) is 3.54. The van der Waals surface area contributed by atoms with Crippen LogP contribution in [-0.4, -0.2) is 40.9 Å². The minimum Gasteiger partial charge on any atom is -0.366 e. The van der Waals surface area contributed by atoms with Gasteiger partial charge in [0.25, 0.3) is 0 Å². The molecule has 1 unspecified atom stereocenters. The normalized spacial score (nSPS) is 13.9. The Bertz CT molecular complexity index is 483. The van der Waals surface area contributed by atoms with Gasteiger partial charge in [-0.1, -0.05) is 0 Å². The van der Waals surface area contributed by atoms with E-state index in [0.29, 0.717) is 0 Å². The molecule has 0 spiro atoms. The maximum atomic E-state index is 10.9. The number of aliphatic hydroxyl groups excluding tert-OH is 1. The van der Waals surface area contributed by atoms with E-state index >= 15 is 0 Å². The summed E-state index contributed by atoms with van der Waals surface area (Å²) in [5, 5.41) is 34.5. The maximum absolute atomic E-state index is 10.9. The first-order chi connectivity index (χ1) is 6.73. The van der Waals surface area contributed by atoms with Gasteiger partial charge in [-0.3, -0.25) is 9.97 Å². The quantitative estimate of drug-likeness (QED) is 0.273. The summed E-state index contributed by atoms with van der Waals surface area (Å²) in [6, 6.07) is 0. The zero-order valence-electron chi connectivity index (χ0n) is 7.04. The third kappa shape index (κ3) is 2.19. The predicted molar refractivity (Wildman–Crippen MR) is 42.6 cm³/mol. The van der Waals surface area contributed by atoms with Crippen molar-refractivity contribution in [2.45, 2.75) is 12.2 Å². The highest BCUT2D eigenvalue weighted by Gasteiger charge is 2.34. The summed E-state index contributed by atoms with van der Waals surface area (Å²) in [6.45, 7) is 0. The van der Waals surface area contributed by atoms with E-state index in [1.807, 2.05) is 0 Å². The van der Waals surface area contributed by atoms with Gasteiger partial charge < -0.3 is 20.4 Å². The minimum atomic E-state index is -3.69. The molecular weight excluding hydrogens is 214 g/mol. The number of rotatable bonds is 2. The van der Waals surface area contributed by atoms with Crippen molar-refractivity contribution >= 4 is 0 Å². The Kier molecular flexibility index (Phi) is 2.59. The standard InChI is InChI=1S/C5H7N3O7/c9-1(5(13,14)15)8-3(11)6-2(10)7-4(8)12/h1,9,13-15H,(H2,6,7,10,11,12). The van der Waals surface area contributed by atoms with E-state index in [1.165, 1.54) is 9.97 Å². The Morgan fingerprint density at radius 3 is 1.80 bits per heavy atom. The molecule has 0 fully saturated rings. The highest BCUT2D eigenvalue weighted by atomic mass is 16.7. The van der Waals surface area contributed by atoms with Gasteiger partial charge in [-0.15, -0.1) is 0 Å². The number of hydrogen-bond acceptors (Lipinski definition) is 7. The van der Waals surface area contributed by atoms with E-state index in [4.69, 9.17) is 20.4 Å². The monoisotopic (exact) mass is 221 g/mol. The van der Waals surface area contributed by atoms with Crippen LogP contribution in [-0.2, 0) is 0 Å². The number of hydrogen-bond donors (Lipinski definition) is 6. The maximum Gasteiger partial charge on any atom is 0.336 e. The summed E-state index contributed by atoms with van der Waals surface area (Å²) in [5.41, 5.74) is -3.94. The third-order valence-electron chi connectivity index (χ3n) is 1.47. The first-order valence-electron chi connectivity index (χ1n) is 3.54. The summed E-state index contributed by atoms with van der Waals surface area (Å²) in [7, 11) is 0. The fourth-order valence-electron chi connectivity index (χ4n) is 0.834. The average molecular weight is 221 g/mol. The Hall–Kier alpha value is -1.75. The molecule has 6 N–H and O–H groups in total. The number of aromatic amines is 2. The molecule has 0 aliphatic rings. The molecule has 0 saturated carbocycles. The summed E-state index contributed by atoms with van der Waals surface area (Å²) in [5.74, 6) is -3.69. The molecule has 10 nitrogen and oxygen atoms in total. The van der Waals surface area contributed by atoms with E-state index in [9.17, 15) is 14.4 Å². The van der Waals surface area contributed by atoms with Crippen LogP contribution in [0, 0.1) is 0 Å². The van der Waals surface area contributed by atoms with Crippen LogP contribution in [0.3, 0.4) is 0 Å². The molecule has 84 valence electrons. The lowest BCUT2D eigenvalue weighted by Crippen LogP contribution is -2.52. The largest absolute Gasteiger partial charge is 0.366 e. The molecule has 0 aromatic carbocycles. The Labute approximate surface area is 79.7 Å². The van der Waals surface area contributed by atoms with Crippen LogP contribution in [0.2, 0.25) is 0 Å². The summed E-state index contributed by atoms with van der Waals surface area (Å²) >= 11 is 0. The summed E-state index contributed by atoms with van der Waals surface area (Å²) in [4.78, 5) is 35.5. The molecule has 0 radical (unpaired) electrons. The Balaban J connectivity index is 3.47. The van der Waals surface area contributed by atoms with Crippen LogP contribution >= 0.6 is 0 Å². The van der Waals surface area contributed by atoms with Gasteiger partial charge in [0.15, 0.2) is 0 Å². The fraction of sp³-hybridized carbons (Fsp3) is 0.400. The van der Waals surface area contributed by atoms with E-state index in [2.05, 4.69) is 0 Å². The Morgan fingerprint density at radius 2 is 1.47 bits per heavy atom. The van der Waals surface area contributed by atoms with Crippen molar-refractivity contribution in [3.05, 3.63) is 31.5 Å². The topological polar surface area (TPSA) is 169 Å². The van der Waals surface area contributed by atoms with Crippen molar-refractivity contribution in [2.75, 3.05) is 0 Å². The smallest absolute Gasteiger partial charge is 0.336 e. The summed E-state index contributed by atoms with van der Waals surface area (Å²) < 4.78 is -0.179. The second kappa shape index (κ2) is 3.43. The van der Waals surface area contributed by atoms with E-state index in [1.54, 1.807) is 0 Å². The zero-order chi connectivity index (χ0) is 11.8. The van der Waals surface area contributed by atoms with Gasteiger partial charge in [0, 0.05) is 0 Å². The second-order valence-corrected chi connectivity index (χ2v) is 2.62. The molecule has 15 heavy (non-hydrogen) atoms. The molecule has 1 heterocycles. The molecule has 0 saturated heterocycles. The van der Waals surface area contributed by atoms with Crippen molar-refractivity contribution in [1.82, 2.24) is 14.5 Å². The number of aromatic nitrogens is 3. The predicted octanol–water partition coefficient (Wildman–Crippen LogP) is -4.65. The van der Waals surface area contributed by atoms with Crippen LogP contribution in [0.4, 0.5) is 0 Å². The van der Waals surface area contributed by atoms with E-state index in [0.717, 1.165) is 0 Å². The zero-order valence-corrected chi connectivity index (χ0v) is 7.04. The van der Waals surface area contributed by atoms with Gasteiger partial charge in [0.2, 0.25) is 6.23 Å². The van der Waals surface area contributed by atoms with Gasteiger partial charge in [-0.25, -0.2) is 19.0 Å². The highest BCUT2D eigenvalue weighted by molar-refractivity contribution is 4.74. The van der Waals surface area contributed by atoms with Crippen LogP contribution in [0.25, 0.3) is 0 Å². The van der Waals surface area contributed by atoms with Crippen molar-refractivity contribution in [3.63, 3.8) is 0 Å². The van der Waals surface area contributed by atoms with Gasteiger partial charge in [-0.05, 0) is 0 Å². The highest BCUT2D eigenvalue weighted by Crippen LogP contribution is 2.08. The second-order valence-electron chi connectivity index (χ2n) is 2.62. The number of aliphatic hydroxyl groups is 4. The summed E-state index contributed by atoms with van der Waals surface area (Å²) in [6.07, 6.45) is -2.63. The van der Waals surface area contributed by atoms with Crippen molar-refractivity contribution in [3.8, 4) is 0 Å². The van der Waals surface area contributed by atoms with Crippen LogP contribution < -0.4 is 17.1 Å². The molecular formula is C5H7N3O7. The van der Waals surface area contributed by atoms with Crippen molar-refractivity contribution in [1.29, 1.82) is 0 Å². The number of nitrogens with one attached hydrogen (secondary N) is 2. The lowest BCUT2D eigenvalue weighted by molar-refractivity contribution is -0.374. The van der Waals surface area contributed by atoms with Gasteiger partial charge in [-0.2, -0.15) is 0 Å². The van der Waals surface area contributed by atoms with E-state index < -0.39 is 29.3 Å². The third-order valence-corrected chi connectivity index (χ3v) is 1.47. The number of nitrogens with zero attached hydrogens (tertiary/aromatic N) is 1. The van der Waals surface area contributed by atoms with Crippen LogP contribution in [0.5, 0.6) is 0 Å². The molecule has 1 aromatic rings. The SMILES string of the molecule is O=c1[nH]c(=O)n(C(O)C(O)(O)O)c(=O)[nH]1. The fourth-order valence-corrected chi connectivity index (χ4v) is 0.834. The van der Waals surface area contributed by atoms with Gasteiger partial charge in [0.05, 0.1) is 0 Å². The first kappa shape index (κ1) is 11.3. The molecule has 0 aliphatic heterocycles. The molecule has 0 bridgehead atoms. The lowest BCUT2D eigenvalue weighted by Gasteiger charge is -2.20. The lowest BCUT2D eigenvalue weighted by atomic mass is 10.4. The van der Waals surface area contributed by atoms with Gasteiger partial charge in [0.1, 0.15) is 0 Å². The van der Waals surface area contributed by atoms with Crippen LogP contribution in [0.15, 0.2) is 14.4 Å². The molecule has 10 heteroatoms. The van der Waals surface area contributed by atoms with Gasteiger partial charge >= 0.3 is 23.0 Å². The van der Waals surface area contributed by atoms with Crippen molar-refractivity contribution in [2.24, 2.45) is 0 Å². The van der Waals surface area contributed by atoms with Crippen LogP contribution in [0.1, 0.15) is 6.23 Å². The minimum absolute atomic E-state index is 0.179. The molecule has 0 aliphatic carbocycles. The number of H-pyrrole nitrogens is 2.